The van der Waals surface area contributed by atoms with E-state index < -0.39 is 0 Å². The van der Waals surface area contributed by atoms with Crippen LogP contribution in [0.1, 0.15) is 38.3 Å². The average Bonchev–Trinajstić information content (AvgIpc) is 2.37. The molecule has 0 heterocycles. The van der Waals surface area contributed by atoms with Crippen molar-refractivity contribution in [2.45, 2.75) is 40.0 Å². The van der Waals surface area contributed by atoms with E-state index in [4.69, 9.17) is 11.6 Å². The molecule has 0 aliphatic rings. The van der Waals surface area contributed by atoms with Crippen molar-refractivity contribution in [1.82, 2.24) is 5.32 Å². The van der Waals surface area contributed by atoms with Gasteiger partial charge in [-0.15, -0.1) is 0 Å². The molecule has 3 nitrogen and oxygen atoms in total. The first-order valence-electron chi connectivity index (χ1n) is 6.49. The first-order valence-corrected chi connectivity index (χ1v) is 6.86. The van der Waals surface area contributed by atoms with Gasteiger partial charge in [-0.25, -0.2) is 4.79 Å². The highest BCUT2D eigenvalue weighted by atomic mass is 35.5. The molecule has 100 valence electrons. The normalized spacial score (nSPS) is 10.2. The molecule has 0 unspecified atom stereocenters. The van der Waals surface area contributed by atoms with E-state index in [-0.39, 0.29) is 6.03 Å². The van der Waals surface area contributed by atoms with Crippen LogP contribution in [0.3, 0.4) is 0 Å². The van der Waals surface area contributed by atoms with E-state index in [1.54, 1.807) is 0 Å². The summed E-state index contributed by atoms with van der Waals surface area (Å²) in [5.41, 5.74) is 2.98. The fraction of sp³-hybridized carbons (Fsp3) is 0.500. The number of urea groups is 1. The number of nitrogens with one attached hydrogen (secondary N) is 2. The summed E-state index contributed by atoms with van der Waals surface area (Å²) in [7, 11) is 0. The second kappa shape index (κ2) is 7.27. The molecule has 0 bridgehead atoms. The Balaban J connectivity index is 2.97. The lowest BCUT2D eigenvalue weighted by Crippen LogP contribution is -2.30. The van der Waals surface area contributed by atoms with Crippen LogP contribution in [0.2, 0.25) is 5.02 Å². The highest BCUT2D eigenvalue weighted by Crippen LogP contribution is 2.29. The Morgan fingerprint density at radius 3 is 2.50 bits per heavy atom. The van der Waals surface area contributed by atoms with Crippen molar-refractivity contribution in [3.63, 3.8) is 0 Å². The second-order valence-corrected chi connectivity index (χ2v) is 4.56. The lowest BCUT2D eigenvalue weighted by molar-refractivity contribution is 0.252. The molecule has 2 N–H and O–H groups in total. The summed E-state index contributed by atoms with van der Waals surface area (Å²) >= 11 is 6.17. The predicted molar refractivity (Wildman–Crippen MR) is 77.5 cm³/mol. The second-order valence-electron chi connectivity index (χ2n) is 4.15. The molecule has 0 radical (unpaired) electrons. The largest absolute Gasteiger partial charge is 0.338 e. The molecule has 0 fully saturated rings. The van der Waals surface area contributed by atoms with Gasteiger partial charge in [0.2, 0.25) is 0 Å². The molecule has 0 aliphatic heterocycles. The fourth-order valence-electron chi connectivity index (χ4n) is 1.86. The Morgan fingerprint density at radius 1 is 1.22 bits per heavy atom. The summed E-state index contributed by atoms with van der Waals surface area (Å²) in [6.45, 7) is 6.80. The number of carbonyl (C=O) groups excluding carboxylic acids is 1. The highest BCUT2D eigenvalue weighted by molar-refractivity contribution is 6.31. The van der Waals surface area contributed by atoms with Gasteiger partial charge in [-0.1, -0.05) is 38.4 Å². The number of aryl methyl sites for hydroxylation is 1. The van der Waals surface area contributed by atoms with Crippen molar-refractivity contribution in [1.29, 1.82) is 0 Å². The van der Waals surface area contributed by atoms with Crippen LogP contribution in [-0.2, 0) is 12.8 Å². The zero-order chi connectivity index (χ0) is 13.5. The monoisotopic (exact) mass is 268 g/mol. The number of hydrogen-bond donors (Lipinski definition) is 2. The third-order valence-electron chi connectivity index (χ3n) is 2.85. The van der Waals surface area contributed by atoms with Crippen molar-refractivity contribution < 1.29 is 4.79 Å². The number of benzene rings is 1. The maximum atomic E-state index is 11.8. The third-order valence-corrected chi connectivity index (χ3v) is 3.20. The summed E-state index contributed by atoms with van der Waals surface area (Å²) in [6, 6.07) is 3.70. The molecule has 0 atom stereocenters. The van der Waals surface area contributed by atoms with Gasteiger partial charge in [-0.3, -0.25) is 0 Å². The third kappa shape index (κ3) is 3.64. The van der Waals surface area contributed by atoms with E-state index in [9.17, 15) is 4.79 Å². The number of halogens is 1. The molecule has 0 aliphatic carbocycles. The van der Waals surface area contributed by atoms with Crippen molar-refractivity contribution in [3.8, 4) is 0 Å². The molecule has 0 saturated carbocycles. The molecule has 18 heavy (non-hydrogen) atoms. The van der Waals surface area contributed by atoms with Crippen molar-refractivity contribution >= 4 is 23.3 Å². The van der Waals surface area contributed by atoms with Gasteiger partial charge >= 0.3 is 6.03 Å². The fourth-order valence-corrected chi connectivity index (χ4v) is 2.15. The van der Waals surface area contributed by atoms with Gasteiger partial charge in [0.05, 0.1) is 5.69 Å². The average molecular weight is 269 g/mol. The minimum atomic E-state index is -0.163. The zero-order valence-electron chi connectivity index (χ0n) is 11.3. The highest BCUT2D eigenvalue weighted by Gasteiger charge is 2.12. The maximum Gasteiger partial charge on any atom is 0.319 e. The van der Waals surface area contributed by atoms with Crippen LogP contribution >= 0.6 is 11.6 Å². The maximum absolute atomic E-state index is 11.8. The van der Waals surface area contributed by atoms with E-state index in [0.717, 1.165) is 36.1 Å². The van der Waals surface area contributed by atoms with E-state index >= 15 is 0 Å². The molecule has 0 spiro atoms. The molecule has 0 saturated heterocycles. The van der Waals surface area contributed by atoms with Crippen molar-refractivity contribution in [2.24, 2.45) is 0 Å². The first kappa shape index (κ1) is 14.8. The summed E-state index contributed by atoms with van der Waals surface area (Å²) in [4.78, 5) is 11.8. The molecule has 1 aromatic carbocycles. The van der Waals surface area contributed by atoms with E-state index in [2.05, 4.69) is 17.6 Å². The van der Waals surface area contributed by atoms with Crippen LogP contribution in [0.5, 0.6) is 0 Å². The van der Waals surface area contributed by atoms with E-state index in [1.807, 2.05) is 26.0 Å². The molecule has 1 rings (SSSR count). The minimum Gasteiger partial charge on any atom is -0.338 e. The Hall–Kier alpha value is -1.22. The predicted octanol–water partition coefficient (Wildman–Crippen LogP) is 4.00. The number of amides is 2. The number of carbonyl (C=O) groups is 1. The van der Waals surface area contributed by atoms with E-state index in [0.29, 0.717) is 11.6 Å². The SMILES string of the molecule is CCCNC(=O)Nc1c(CC)ccc(Cl)c1CC. The summed E-state index contributed by atoms with van der Waals surface area (Å²) in [6.07, 6.45) is 2.59. The van der Waals surface area contributed by atoms with Gasteiger partial charge in [-0.05, 0) is 36.5 Å². The summed E-state index contributed by atoms with van der Waals surface area (Å²) in [5.74, 6) is 0. The molecular formula is C14H21ClN2O. The quantitative estimate of drug-likeness (QED) is 0.833. The Morgan fingerprint density at radius 2 is 1.94 bits per heavy atom. The van der Waals surface area contributed by atoms with Gasteiger partial charge in [0, 0.05) is 11.6 Å². The van der Waals surface area contributed by atoms with Crippen LogP contribution in [0.15, 0.2) is 12.1 Å². The minimum absolute atomic E-state index is 0.163. The van der Waals surface area contributed by atoms with Crippen LogP contribution < -0.4 is 10.6 Å². The van der Waals surface area contributed by atoms with Crippen LogP contribution in [0.25, 0.3) is 0 Å². The Kier molecular flexibility index (Phi) is 5.99. The van der Waals surface area contributed by atoms with Crippen LogP contribution in [0.4, 0.5) is 10.5 Å². The lowest BCUT2D eigenvalue weighted by atomic mass is 10.0. The van der Waals surface area contributed by atoms with Crippen molar-refractivity contribution in [3.05, 3.63) is 28.3 Å². The molecule has 4 heteroatoms. The van der Waals surface area contributed by atoms with Crippen molar-refractivity contribution in [2.75, 3.05) is 11.9 Å². The summed E-state index contributed by atoms with van der Waals surface area (Å²) < 4.78 is 0. The number of anilines is 1. The Labute approximate surface area is 114 Å². The van der Waals surface area contributed by atoms with Gasteiger partial charge in [0.15, 0.2) is 0 Å². The standard InChI is InChI=1S/C14H21ClN2O/c1-4-9-16-14(18)17-13-10(5-2)7-8-12(15)11(13)6-3/h7-8H,4-6,9H2,1-3H3,(H2,16,17,18). The summed E-state index contributed by atoms with van der Waals surface area (Å²) in [5, 5.41) is 6.44. The topological polar surface area (TPSA) is 41.1 Å². The number of hydrogen-bond acceptors (Lipinski definition) is 1. The van der Waals surface area contributed by atoms with Gasteiger partial charge < -0.3 is 10.6 Å². The molecular weight excluding hydrogens is 248 g/mol. The van der Waals surface area contributed by atoms with Crippen LogP contribution in [-0.4, -0.2) is 12.6 Å². The number of rotatable bonds is 5. The smallest absolute Gasteiger partial charge is 0.319 e. The zero-order valence-corrected chi connectivity index (χ0v) is 12.0. The van der Waals surface area contributed by atoms with Crippen LogP contribution in [0, 0.1) is 0 Å². The van der Waals surface area contributed by atoms with E-state index in [1.165, 1.54) is 0 Å². The first-order chi connectivity index (χ1) is 8.63. The van der Waals surface area contributed by atoms with Gasteiger partial charge in [-0.2, -0.15) is 0 Å². The van der Waals surface area contributed by atoms with Gasteiger partial charge in [0.1, 0.15) is 0 Å². The molecule has 1 aromatic rings. The molecule has 2 amide bonds. The molecule has 0 aromatic heterocycles. The lowest BCUT2D eigenvalue weighted by Gasteiger charge is -2.16. The Bertz CT molecular complexity index is 419. The van der Waals surface area contributed by atoms with Gasteiger partial charge in [0.25, 0.3) is 0 Å².